The van der Waals surface area contributed by atoms with Crippen LogP contribution in [0.15, 0.2) is 91.0 Å². The number of rotatable bonds is 6. The first-order chi connectivity index (χ1) is 15.2. The Hall–Kier alpha value is -2.63. The van der Waals surface area contributed by atoms with Crippen LogP contribution in [0.4, 0.5) is 5.69 Å². The molecule has 0 bridgehead atoms. The maximum Gasteiger partial charge on any atom is 0.164 e. The van der Waals surface area contributed by atoms with Crippen LogP contribution in [0.3, 0.4) is 0 Å². The van der Waals surface area contributed by atoms with E-state index in [0.717, 1.165) is 41.6 Å². The van der Waals surface area contributed by atoms with Gasteiger partial charge in [-0.25, -0.2) is 0 Å². The molecule has 1 atom stereocenters. The first-order valence-corrected chi connectivity index (χ1v) is 11.9. The van der Waals surface area contributed by atoms with E-state index in [2.05, 4.69) is 46.2 Å². The van der Waals surface area contributed by atoms with E-state index >= 15 is 0 Å². The third-order valence-electron chi connectivity index (χ3n) is 5.54. The Morgan fingerprint density at radius 1 is 0.806 bits per heavy atom. The van der Waals surface area contributed by atoms with Crippen molar-refractivity contribution in [2.45, 2.75) is 11.7 Å². The number of piperazine rings is 1. The van der Waals surface area contributed by atoms with Crippen molar-refractivity contribution in [2.75, 3.05) is 31.1 Å². The van der Waals surface area contributed by atoms with Gasteiger partial charge in [0.2, 0.25) is 0 Å². The predicted molar refractivity (Wildman–Crippen MR) is 135 cm³/mol. The van der Waals surface area contributed by atoms with E-state index in [1.165, 1.54) is 5.69 Å². The number of carbonyl (C=O) groups is 1. The van der Waals surface area contributed by atoms with E-state index in [9.17, 15) is 4.79 Å². The second-order valence-corrected chi connectivity index (χ2v) is 9.42. The van der Waals surface area contributed by atoms with Gasteiger partial charge in [0.25, 0.3) is 0 Å². The van der Waals surface area contributed by atoms with Gasteiger partial charge in [0.1, 0.15) is 4.32 Å². The molecule has 0 radical (unpaired) electrons. The van der Waals surface area contributed by atoms with Gasteiger partial charge in [-0.2, -0.15) is 0 Å². The van der Waals surface area contributed by atoms with Crippen molar-refractivity contribution < 1.29 is 4.79 Å². The molecule has 0 amide bonds. The van der Waals surface area contributed by atoms with Crippen LogP contribution in [0.25, 0.3) is 0 Å². The summed E-state index contributed by atoms with van der Waals surface area (Å²) in [5, 5.41) is 0.00793. The van der Waals surface area contributed by atoms with E-state index in [4.69, 9.17) is 12.2 Å². The Kier molecular flexibility index (Phi) is 7.39. The zero-order valence-electron chi connectivity index (χ0n) is 17.4. The van der Waals surface area contributed by atoms with E-state index in [1.54, 1.807) is 11.8 Å². The van der Waals surface area contributed by atoms with Crippen LogP contribution in [0, 0.1) is 0 Å². The summed E-state index contributed by atoms with van der Waals surface area (Å²) >= 11 is 7.48. The number of nitrogens with zero attached hydrogens (tertiary/aromatic N) is 2. The van der Waals surface area contributed by atoms with Crippen LogP contribution >= 0.6 is 24.0 Å². The molecule has 1 aliphatic rings. The minimum absolute atomic E-state index is 0.00793. The smallest absolute Gasteiger partial charge is 0.164 e. The maximum absolute atomic E-state index is 12.9. The van der Waals surface area contributed by atoms with Gasteiger partial charge >= 0.3 is 0 Å². The Morgan fingerprint density at radius 3 is 1.97 bits per heavy atom. The van der Waals surface area contributed by atoms with E-state index < -0.39 is 0 Å². The predicted octanol–water partition coefficient (Wildman–Crippen LogP) is 5.84. The minimum atomic E-state index is 0.00793. The number of hydrogen-bond acceptors (Lipinski definition) is 4. The van der Waals surface area contributed by atoms with Crippen molar-refractivity contribution in [3.8, 4) is 0 Å². The summed E-state index contributed by atoms with van der Waals surface area (Å²) in [6, 6.07) is 30.3. The van der Waals surface area contributed by atoms with Gasteiger partial charge in [-0.15, -0.1) is 0 Å². The van der Waals surface area contributed by atoms with Crippen molar-refractivity contribution in [3.05, 3.63) is 102 Å². The number of thiocarbonyl (C=S) groups is 1. The fraction of sp³-hybridized carbons (Fsp3) is 0.231. The van der Waals surface area contributed by atoms with Gasteiger partial charge in [-0.1, -0.05) is 103 Å². The highest BCUT2D eigenvalue weighted by molar-refractivity contribution is 8.23. The topological polar surface area (TPSA) is 23.6 Å². The molecule has 1 saturated heterocycles. The lowest BCUT2D eigenvalue weighted by Gasteiger charge is -2.37. The van der Waals surface area contributed by atoms with Crippen molar-refractivity contribution in [2.24, 2.45) is 0 Å². The quantitative estimate of drug-likeness (QED) is 0.350. The first kappa shape index (κ1) is 21.6. The second kappa shape index (κ2) is 10.6. The molecular weight excluding hydrogens is 420 g/mol. The highest BCUT2D eigenvalue weighted by atomic mass is 32.2. The van der Waals surface area contributed by atoms with Crippen LogP contribution in [0.1, 0.15) is 27.6 Å². The third kappa shape index (κ3) is 5.75. The molecule has 0 aromatic heterocycles. The molecular formula is C26H26N2OS2. The molecule has 31 heavy (non-hydrogen) atoms. The summed E-state index contributed by atoms with van der Waals surface area (Å²) < 4.78 is 0.877. The van der Waals surface area contributed by atoms with Crippen molar-refractivity contribution in [3.63, 3.8) is 0 Å². The molecule has 0 aliphatic carbocycles. The van der Waals surface area contributed by atoms with E-state index in [0.29, 0.717) is 6.42 Å². The molecule has 3 aromatic carbocycles. The lowest BCUT2D eigenvalue weighted by Crippen LogP contribution is -2.47. The maximum atomic E-state index is 12.9. The molecule has 3 nitrogen and oxygen atoms in total. The standard InChI is InChI=1S/C26H26N2OS2/c29-24(21-10-4-1-5-11-21)20-25(22-12-6-2-7-13-22)31-26(30)28-18-16-27(17-19-28)23-14-8-3-9-15-23/h1-15,25H,16-20H2. The van der Waals surface area contributed by atoms with Crippen LogP contribution < -0.4 is 4.90 Å². The summed E-state index contributed by atoms with van der Waals surface area (Å²) in [6.45, 7) is 3.69. The van der Waals surface area contributed by atoms with Gasteiger partial charge < -0.3 is 9.80 Å². The molecule has 1 aliphatic heterocycles. The molecule has 0 N–H and O–H groups in total. The fourth-order valence-electron chi connectivity index (χ4n) is 3.79. The highest BCUT2D eigenvalue weighted by Crippen LogP contribution is 2.35. The zero-order chi connectivity index (χ0) is 21.5. The molecule has 0 saturated carbocycles. The highest BCUT2D eigenvalue weighted by Gasteiger charge is 2.24. The molecule has 5 heteroatoms. The minimum Gasteiger partial charge on any atom is -0.368 e. The SMILES string of the molecule is O=C(CC(SC(=S)N1CCN(c2ccccc2)CC1)c1ccccc1)c1ccccc1. The second-order valence-electron chi connectivity index (χ2n) is 7.59. The number of anilines is 1. The van der Waals surface area contributed by atoms with Gasteiger partial charge in [-0.05, 0) is 17.7 Å². The number of ketones is 1. The Morgan fingerprint density at radius 2 is 1.35 bits per heavy atom. The third-order valence-corrected chi connectivity index (χ3v) is 7.27. The molecule has 1 heterocycles. The number of para-hydroxylation sites is 1. The van der Waals surface area contributed by atoms with Gasteiger partial charge in [0.05, 0.1) is 0 Å². The largest absolute Gasteiger partial charge is 0.368 e. The first-order valence-electron chi connectivity index (χ1n) is 10.6. The molecule has 0 spiro atoms. The lowest BCUT2D eigenvalue weighted by molar-refractivity contribution is 0.0982. The van der Waals surface area contributed by atoms with Gasteiger partial charge in [-0.3, -0.25) is 4.79 Å². The summed E-state index contributed by atoms with van der Waals surface area (Å²) in [6.07, 6.45) is 0.433. The van der Waals surface area contributed by atoms with Gasteiger partial charge in [0.15, 0.2) is 5.78 Å². The van der Waals surface area contributed by atoms with E-state index in [-0.39, 0.29) is 11.0 Å². The van der Waals surface area contributed by atoms with Gasteiger partial charge in [0, 0.05) is 49.1 Å². The summed E-state index contributed by atoms with van der Waals surface area (Å²) in [7, 11) is 0. The average Bonchev–Trinajstić information content (AvgIpc) is 2.85. The fourth-order valence-corrected chi connectivity index (χ4v) is 5.42. The summed E-state index contributed by atoms with van der Waals surface area (Å²) in [5.74, 6) is 0.152. The monoisotopic (exact) mass is 446 g/mol. The number of hydrogen-bond donors (Lipinski definition) is 0. The molecule has 1 fully saturated rings. The zero-order valence-corrected chi connectivity index (χ0v) is 19.0. The Labute approximate surface area is 194 Å². The number of carbonyl (C=O) groups excluding carboxylic acids is 1. The lowest BCUT2D eigenvalue weighted by atomic mass is 10.0. The molecule has 4 rings (SSSR count). The van der Waals surface area contributed by atoms with Crippen LogP contribution in [-0.4, -0.2) is 41.2 Å². The average molecular weight is 447 g/mol. The van der Waals surface area contributed by atoms with Crippen molar-refractivity contribution in [1.29, 1.82) is 0 Å². The molecule has 1 unspecified atom stereocenters. The molecule has 158 valence electrons. The number of benzene rings is 3. The van der Waals surface area contributed by atoms with Crippen molar-refractivity contribution in [1.82, 2.24) is 4.90 Å². The van der Waals surface area contributed by atoms with Crippen LogP contribution in [-0.2, 0) is 0 Å². The molecule has 3 aromatic rings. The van der Waals surface area contributed by atoms with E-state index in [1.807, 2.05) is 54.6 Å². The number of Topliss-reactive ketones (excluding diaryl/α,β-unsaturated/α-hetero) is 1. The Bertz CT molecular complexity index is 988. The summed E-state index contributed by atoms with van der Waals surface area (Å²) in [5.41, 5.74) is 3.16. The van der Waals surface area contributed by atoms with Crippen molar-refractivity contribution >= 4 is 39.8 Å². The summed E-state index contributed by atoms with van der Waals surface area (Å²) in [4.78, 5) is 17.6. The normalized spacial score (nSPS) is 14.8. The van der Waals surface area contributed by atoms with Crippen LogP contribution in [0.5, 0.6) is 0 Å². The van der Waals surface area contributed by atoms with Crippen LogP contribution in [0.2, 0.25) is 0 Å². The Balaban J connectivity index is 1.41. The number of thioether (sulfide) groups is 1.